The van der Waals surface area contributed by atoms with Gasteiger partial charge in [0.1, 0.15) is 0 Å². The fourth-order valence-corrected chi connectivity index (χ4v) is 1.74. The van der Waals surface area contributed by atoms with E-state index >= 15 is 0 Å². The molecule has 2 N–H and O–H groups in total. The van der Waals surface area contributed by atoms with Crippen molar-refractivity contribution in [3.05, 3.63) is 41.7 Å². The summed E-state index contributed by atoms with van der Waals surface area (Å²) in [5.74, 6) is -0.109. The van der Waals surface area contributed by atoms with Gasteiger partial charge in [0.15, 0.2) is 5.69 Å². The quantitative estimate of drug-likeness (QED) is 0.813. The molecule has 2 rings (SSSR count). The number of nitrogen functional groups attached to an aromatic ring is 1. The van der Waals surface area contributed by atoms with Gasteiger partial charge >= 0.3 is 0 Å². The Labute approximate surface area is 106 Å². The standard InChI is InChI=1S/C13H16N4O/c1-9-8-10(14)4-5-12(9)17-7-6-11(15-17)13(18)16(2)3/h4-8H,14H2,1-3H3. The fraction of sp³-hybridized carbons (Fsp3) is 0.231. The Morgan fingerprint density at radius 3 is 2.67 bits per heavy atom. The summed E-state index contributed by atoms with van der Waals surface area (Å²) in [6.45, 7) is 1.96. The van der Waals surface area contributed by atoms with Crippen LogP contribution in [-0.4, -0.2) is 34.7 Å². The largest absolute Gasteiger partial charge is 0.399 e. The van der Waals surface area contributed by atoms with Gasteiger partial charge in [0, 0.05) is 26.0 Å². The van der Waals surface area contributed by atoms with Gasteiger partial charge < -0.3 is 10.6 Å². The predicted octanol–water partition coefficient (Wildman–Crippen LogP) is 1.46. The van der Waals surface area contributed by atoms with Crippen molar-refractivity contribution >= 4 is 11.6 Å². The summed E-state index contributed by atoms with van der Waals surface area (Å²) in [7, 11) is 3.41. The zero-order valence-electron chi connectivity index (χ0n) is 10.7. The molecule has 1 aromatic heterocycles. The lowest BCUT2D eigenvalue weighted by molar-refractivity contribution is 0.0821. The molecular weight excluding hydrogens is 228 g/mol. The number of anilines is 1. The number of rotatable bonds is 2. The minimum atomic E-state index is -0.109. The smallest absolute Gasteiger partial charge is 0.273 e. The Balaban J connectivity index is 2.38. The topological polar surface area (TPSA) is 64.2 Å². The Kier molecular flexibility index (Phi) is 3.06. The van der Waals surface area contributed by atoms with Crippen LogP contribution < -0.4 is 5.73 Å². The molecule has 0 saturated carbocycles. The average molecular weight is 244 g/mol. The summed E-state index contributed by atoms with van der Waals surface area (Å²) in [6.07, 6.45) is 1.77. The Hall–Kier alpha value is -2.30. The Morgan fingerprint density at radius 2 is 2.06 bits per heavy atom. The van der Waals surface area contributed by atoms with Crippen LogP contribution in [0.2, 0.25) is 0 Å². The number of nitrogens with two attached hydrogens (primary N) is 1. The van der Waals surface area contributed by atoms with Crippen molar-refractivity contribution in [3.8, 4) is 5.69 Å². The molecule has 1 aromatic carbocycles. The molecule has 2 aromatic rings. The molecule has 0 aliphatic heterocycles. The number of aryl methyl sites for hydroxylation is 1. The summed E-state index contributed by atoms with van der Waals surface area (Å²) in [6, 6.07) is 7.29. The van der Waals surface area contributed by atoms with E-state index in [1.807, 2.05) is 25.1 Å². The zero-order valence-corrected chi connectivity index (χ0v) is 10.7. The lowest BCUT2D eigenvalue weighted by atomic mass is 10.2. The Morgan fingerprint density at radius 1 is 1.33 bits per heavy atom. The third-order valence-electron chi connectivity index (χ3n) is 2.68. The lowest BCUT2D eigenvalue weighted by Crippen LogP contribution is -2.22. The summed E-state index contributed by atoms with van der Waals surface area (Å²) in [5, 5.41) is 4.28. The summed E-state index contributed by atoms with van der Waals surface area (Å²) in [5.41, 5.74) is 8.79. The molecule has 0 unspecified atom stereocenters. The van der Waals surface area contributed by atoms with Crippen LogP contribution in [0.4, 0.5) is 5.69 Å². The van der Waals surface area contributed by atoms with E-state index in [-0.39, 0.29) is 5.91 Å². The first-order chi connectivity index (χ1) is 8.49. The highest BCUT2D eigenvalue weighted by atomic mass is 16.2. The SMILES string of the molecule is Cc1cc(N)ccc1-n1ccc(C(=O)N(C)C)n1. The van der Waals surface area contributed by atoms with Crippen molar-refractivity contribution in [3.63, 3.8) is 0 Å². The maximum atomic E-state index is 11.8. The van der Waals surface area contributed by atoms with Gasteiger partial charge in [0.2, 0.25) is 0 Å². The van der Waals surface area contributed by atoms with Gasteiger partial charge in [-0.2, -0.15) is 5.10 Å². The van der Waals surface area contributed by atoms with Gasteiger partial charge in [-0.15, -0.1) is 0 Å². The first-order valence-electron chi connectivity index (χ1n) is 5.63. The molecule has 0 bridgehead atoms. The van der Waals surface area contributed by atoms with Crippen molar-refractivity contribution in [1.82, 2.24) is 14.7 Å². The van der Waals surface area contributed by atoms with E-state index in [1.54, 1.807) is 31.0 Å². The number of nitrogens with zero attached hydrogens (tertiary/aromatic N) is 3. The van der Waals surface area contributed by atoms with E-state index in [0.717, 1.165) is 11.3 Å². The molecular formula is C13H16N4O. The minimum Gasteiger partial charge on any atom is -0.399 e. The fourth-order valence-electron chi connectivity index (χ4n) is 1.74. The van der Waals surface area contributed by atoms with E-state index in [0.29, 0.717) is 11.4 Å². The number of carbonyl (C=O) groups excluding carboxylic acids is 1. The van der Waals surface area contributed by atoms with E-state index in [1.165, 1.54) is 4.90 Å². The molecule has 0 aliphatic carbocycles. The number of hydrogen-bond acceptors (Lipinski definition) is 3. The first-order valence-corrected chi connectivity index (χ1v) is 5.63. The van der Waals surface area contributed by atoms with Crippen molar-refractivity contribution in [1.29, 1.82) is 0 Å². The molecule has 5 heteroatoms. The highest BCUT2D eigenvalue weighted by molar-refractivity contribution is 5.91. The molecule has 94 valence electrons. The average Bonchev–Trinajstić information content (AvgIpc) is 2.77. The molecule has 0 radical (unpaired) electrons. The van der Waals surface area contributed by atoms with E-state index in [4.69, 9.17) is 5.73 Å². The van der Waals surface area contributed by atoms with Crippen LogP contribution in [-0.2, 0) is 0 Å². The maximum absolute atomic E-state index is 11.8. The number of aromatic nitrogens is 2. The summed E-state index contributed by atoms with van der Waals surface area (Å²) in [4.78, 5) is 13.3. The Bertz CT molecular complexity index is 586. The molecule has 0 aliphatic rings. The second kappa shape index (κ2) is 4.52. The number of carbonyl (C=O) groups is 1. The first kappa shape index (κ1) is 12.2. The van der Waals surface area contributed by atoms with Gasteiger partial charge in [-0.25, -0.2) is 4.68 Å². The third-order valence-corrected chi connectivity index (χ3v) is 2.68. The van der Waals surface area contributed by atoms with Crippen LogP contribution in [0.5, 0.6) is 0 Å². The van der Waals surface area contributed by atoms with Gasteiger partial charge in [-0.1, -0.05) is 0 Å². The second-order valence-corrected chi connectivity index (χ2v) is 4.39. The molecule has 1 amide bonds. The molecule has 18 heavy (non-hydrogen) atoms. The molecule has 5 nitrogen and oxygen atoms in total. The highest BCUT2D eigenvalue weighted by Gasteiger charge is 2.12. The number of benzene rings is 1. The van der Waals surface area contributed by atoms with Crippen molar-refractivity contribution in [2.24, 2.45) is 0 Å². The molecule has 0 fully saturated rings. The van der Waals surface area contributed by atoms with E-state index in [9.17, 15) is 4.79 Å². The lowest BCUT2D eigenvalue weighted by Gasteiger charge is -2.08. The normalized spacial score (nSPS) is 10.4. The minimum absolute atomic E-state index is 0.109. The summed E-state index contributed by atoms with van der Waals surface area (Å²) >= 11 is 0. The maximum Gasteiger partial charge on any atom is 0.273 e. The third kappa shape index (κ3) is 2.20. The zero-order chi connectivity index (χ0) is 13.3. The second-order valence-electron chi connectivity index (χ2n) is 4.39. The predicted molar refractivity (Wildman–Crippen MR) is 70.7 cm³/mol. The van der Waals surface area contributed by atoms with Crippen LogP contribution in [0.1, 0.15) is 16.1 Å². The van der Waals surface area contributed by atoms with Crippen LogP contribution in [0.25, 0.3) is 5.69 Å². The van der Waals surface area contributed by atoms with E-state index in [2.05, 4.69) is 5.10 Å². The molecule has 0 atom stereocenters. The van der Waals surface area contributed by atoms with Gasteiger partial charge in [0.05, 0.1) is 5.69 Å². The van der Waals surface area contributed by atoms with E-state index < -0.39 is 0 Å². The van der Waals surface area contributed by atoms with Crippen molar-refractivity contribution < 1.29 is 4.79 Å². The van der Waals surface area contributed by atoms with Crippen LogP contribution >= 0.6 is 0 Å². The van der Waals surface area contributed by atoms with Gasteiger partial charge in [0.25, 0.3) is 5.91 Å². The van der Waals surface area contributed by atoms with Crippen LogP contribution in [0, 0.1) is 6.92 Å². The van der Waals surface area contributed by atoms with Crippen molar-refractivity contribution in [2.45, 2.75) is 6.92 Å². The monoisotopic (exact) mass is 244 g/mol. The molecule has 0 saturated heterocycles. The number of hydrogen-bond donors (Lipinski definition) is 1. The van der Waals surface area contributed by atoms with Crippen LogP contribution in [0.3, 0.4) is 0 Å². The molecule has 1 heterocycles. The van der Waals surface area contributed by atoms with Crippen molar-refractivity contribution in [2.75, 3.05) is 19.8 Å². The summed E-state index contributed by atoms with van der Waals surface area (Å²) < 4.78 is 1.69. The van der Waals surface area contributed by atoms with Crippen LogP contribution in [0.15, 0.2) is 30.5 Å². The van der Waals surface area contributed by atoms with Gasteiger partial charge in [-0.05, 0) is 36.8 Å². The highest BCUT2D eigenvalue weighted by Crippen LogP contribution is 2.16. The van der Waals surface area contributed by atoms with Gasteiger partial charge in [-0.3, -0.25) is 4.79 Å². The molecule has 0 spiro atoms. The number of amides is 1.